The summed E-state index contributed by atoms with van der Waals surface area (Å²) in [5, 5.41) is 7.01. The largest absolute Gasteiger partial charge is 0.488 e. The van der Waals surface area contributed by atoms with Gasteiger partial charge < -0.3 is 10.5 Å². The van der Waals surface area contributed by atoms with Gasteiger partial charge in [0.1, 0.15) is 18.2 Å². The molecule has 0 spiro atoms. The van der Waals surface area contributed by atoms with Crippen molar-refractivity contribution in [1.82, 2.24) is 0 Å². The van der Waals surface area contributed by atoms with Gasteiger partial charge in [-0.3, -0.25) is 5.41 Å². The molecule has 0 amide bonds. The van der Waals surface area contributed by atoms with E-state index in [9.17, 15) is 22.0 Å². The standard InChI is InChI=1S/C10H9F5N2O/c11-8(12)4-18-5-1-2-6(9(16)17)7(3-5)10(13,14)15/h1-3,8H,4H2,(H3,16,17). The molecule has 0 atom stereocenters. The van der Waals surface area contributed by atoms with Crippen molar-refractivity contribution < 1.29 is 26.7 Å². The predicted octanol–water partition coefficient (Wildman–Crippen LogP) is 2.63. The Balaban J connectivity index is 3.10. The first kappa shape index (κ1) is 14.2. The highest BCUT2D eigenvalue weighted by atomic mass is 19.4. The van der Waals surface area contributed by atoms with Crippen molar-refractivity contribution in [3.8, 4) is 5.75 Å². The van der Waals surface area contributed by atoms with Crippen LogP contribution in [-0.4, -0.2) is 18.9 Å². The number of ether oxygens (including phenoxy) is 1. The summed E-state index contributed by atoms with van der Waals surface area (Å²) in [4.78, 5) is 0. The first-order valence-electron chi connectivity index (χ1n) is 4.68. The fraction of sp³-hybridized carbons (Fsp3) is 0.300. The van der Waals surface area contributed by atoms with Gasteiger partial charge >= 0.3 is 6.18 Å². The van der Waals surface area contributed by atoms with Gasteiger partial charge in [0.25, 0.3) is 6.43 Å². The number of nitrogen functional groups attached to an aromatic ring is 1. The molecule has 0 saturated carbocycles. The average Bonchev–Trinajstić information content (AvgIpc) is 2.24. The van der Waals surface area contributed by atoms with Gasteiger partial charge in [-0.1, -0.05) is 0 Å². The number of hydrogen-bond acceptors (Lipinski definition) is 2. The zero-order valence-corrected chi connectivity index (χ0v) is 8.89. The summed E-state index contributed by atoms with van der Waals surface area (Å²) in [7, 11) is 0. The van der Waals surface area contributed by atoms with Gasteiger partial charge in [-0.25, -0.2) is 8.78 Å². The molecule has 0 aromatic heterocycles. The maximum Gasteiger partial charge on any atom is 0.417 e. The Morgan fingerprint density at radius 1 is 1.33 bits per heavy atom. The molecule has 0 bridgehead atoms. The first-order valence-corrected chi connectivity index (χ1v) is 4.68. The summed E-state index contributed by atoms with van der Waals surface area (Å²) in [6.45, 7) is -1.00. The van der Waals surface area contributed by atoms with E-state index in [-0.39, 0.29) is 5.75 Å². The van der Waals surface area contributed by atoms with Gasteiger partial charge in [-0.2, -0.15) is 13.2 Å². The predicted molar refractivity (Wildman–Crippen MR) is 54.0 cm³/mol. The van der Waals surface area contributed by atoms with Crippen molar-refractivity contribution in [1.29, 1.82) is 5.41 Å². The molecule has 1 aromatic rings. The Morgan fingerprint density at radius 2 is 1.94 bits per heavy atom. The molecule has 0 unspecified atom stereocenters. The van der Waals surface area contributed by atoms with Crippen LogP contribution in [0.15, 0.2) is 18.2 Å². The van der Waals surface area contributed by atoms with Crippen LogP contribution in [0.25, 0.3) is 0 Å². The first-order chi connectivity index (χ1) is 8.21. The van der Waals surface area contributed by atoms with Crippen LogP contribution in [0.1, 0.15) is 11.1 Å². The normalized spacial score (nSPS) is 11.7. The van der Waals surface area contributed by atoms with Crippen LogP contribution >= 0.6 is 0 Å². The quantitative estimate of drug-likeness (QED) is 0.501. The molecule has 8 heteroatoms. The van der Waals surface area contributed by atoms with Crippen LogP contribution in [0.5, 0.6) is 5.75 Å². The minimum atomic E-state index is -4.74. The lowest BCUT2D eigenvalue weighted by molar-refractivity contribution is -0.137. The summed E-state index contributed by atoms with van der Waals surface area (Å²) in [6, 6.07) is 2.50. The minimum absolute atomic E-state index is 0.354. The maximum atomic E-state index is 12.6. The SMILES string of the molecule is N=C(N)c1ccc(OCC(F)F)cc1C(F)(F)F. The number of alkyl halides is 5. The number of nitrogens with one attached hydrogen (secondary N) is 1. The van der Waals surface area contributed by atoms with Crippen molar-refractivity contribution in [3.63, 3.8) is 0 Å². The number of benzene rings is 1. The second-order valence-corrected chi connectivity index (χ2v) is 3.32. The molecule has 0 heterocycles. The summed E-state index contributed by atoms with van der Waals surface area (Å²) >= 11 is 0. The highest BCUT2D eigenvalue weighted by Gasteiger charge is 2.34. The van der Waals surface area contributed by atoms with Crippen molar-refractivity contribution in [2.24, 2.45) is 5.73 Å². The van der Waals surface area contributed by atoms with Crippen molar-refractivity contribution in [2.45, 2.75) is 12.6 Å². The van der Waals surface area contributed by atoms with E-state index in [0.29, 0.717) is 6.07 Å². The third kappa shape index (κ3) is 3.57. The van der Waals surface area contributed by atoms with Crippen molar-refractivity contribution >= 4 is 5.84 Å². The van der Waals surface area contributed by atoms with E-state index in [4.69, 9.17) is 11.1 Å². The fourth-order valence-corrected chi connectivity index (χ4v) is 1.24. The van der Waals surface area contributed by atoms with Gasteiger partial charge in [0.15, 0.2) is 0 Å². The molecule has 0 saturated heterocycles. The highest BCUT2D eigenvalue weighted by molar-refractivity contribution is 5.96. The molecule has 0 aliphatic carbocycles. The Bertz CT molecular complexity index is 444. The maximum absolute atomic E-state index is 12.6. The topological polar surface area (TPSA) is 59.1 Å². The molecule has 18 heavy (non-hydrogen) atoms. The van der Waals surface area contributed by atoms with Crippen molar-refractivity contribution in [2.75, 3.05) is 6.61 Å². The lowest BCUT2D eigenvalue weighted by Crippen LogP contribution is -2.19. The van der Waals surface area contributed by atoms with E-state index in [1.165, 1.54) is 0 Å². The van der Waals surface area contributed by atoms with E-state index < -0.39 is 36.2 Å². The zero-order valence-electron chi connectivity index (χ0n) is 8.89. The molecule has 100 valence electrons. The van der Waals surface area contributed by atoms with Gasteiger partial charge in [0.2, 0.25) is 0 Å². The lowest BCUT2D eigenvalue weighted by Gasteiger charge is -2.14. The third-order valence-electron chi connectivity index (χ3n) is 1.96. The molecular weight excluding hydrogens is 259 g/mol. The van der Waals surface area contributed by atoms with Crippen molar-refractivity contribution in [3.05, 3.63) is 29.3 Å². The molecular formula is C10H9F5N2O. The van der Waals surface area contributed by atoms with Crippen LogP contribution < -0.4 is 10.5 Å². The monoisotopic (exact) mass is 268 g/mol. The van der Waals surface area contributed by atoms with E-state index in [2.05, 4.69) is 4.74 Å². The number of hydrogen-bond donors (Lipinski definition) is 2. The molecule has 1 rings (SSSR count). The summed E-state index contributed by atoms with van der Waals surface area (Å²) in [5.74, 6) is -1.12. The summed E-state index contributed by atoms with van der Waals surface area (Å²) < 4.78 is 66.1. The van der Waals surface area contributed by atoms with Gasteiger partial charge in [0.05, 0.1) is 5.56 Å². The second kappa shape index (κ2) is 5.19. The Labute approximate surface area is 98.9 Å². The molecule has 3 nitrogen and oxygen atoms in total. The Kier molecular flexibility index (Phi) is 4.10. The highest BCUT2D eigenvalue weighted by Crippen LogP contribution is 2.34. The number of nitrogens with two attached hydrogens (primary N) is 1. The lowest BCUT2D eigenvalue weighted by atomic mass is 10.1. The van der Waals surface area contributed by atoms with Gasteiger partial charge in [-0.15, -0.1) is 0 Å². The van der Waals surface area contributed by atoms with E-state index >= 15 is 0 Å². The van der Waals surface area contributed by atoms with E-state index in [1.54, 1.807) is 0 Å². The minimum Gasteiger partial charge on any atom is -0.488 e. The van der Waals surface area contributed by atoms with Crippen LogP contribution in [0.2, 0.25) is 0 Å². The van der Waals surface area contributed by atoms with Gasteiger partial charge in [0, 0.05) is 5.56 Å². The van der Waals surface area contributed by atoms with E-state index in [0.717, 1.165) is 12.1 Å². The molecule has 0 radical (unpaired) electrons. The zero-order chi connectivity index (χ0) is 13.9. The fourth-order valence-electron chi connectivity index (χ4n) is 1.24. The van der Waals surface area contributed by atoms with Crippen LogP contribution in [0, 0.1) is 5.41 Å². The Hall–Kier alpha value is -1.86. The smallest absolute Gasteiger partial charge is 0.417 e. The van der Waals surface area contributed by atoms with Gasteiger partial charge in [-0.05, 0) is 18.2 Å². The summed E-state index contributed by atoms with van der Waals surface area (Å²) in [5.41, 5.74) is 3.29. The van der Waals surface area contributed by atoms with E-state index in [1.807, 2.05) is 0 Å². The number of amidine groups is 1. The molecule has 0 aliphatic heterocycles. The second-order valence-electron chi connectivity index (χ2n) is 3.32. The number of rotatable bonds is 4. The van der Waals surface area contributed by atoms with Crippen LogP contribution in [-0.2, 0) is 6.18 Å². The molecule has 0 fully saturated rings. The molecule has 0 aliphatic rings. The van der Waals surface area contributed by atoms with Crippen LogP contribution in [0.4, 0.5) is 22.0 Å². The number of halogens is 5. The molecule has 3 N–H and O–H groups in total. The average molecular weight is 268 g/mol. The Morgan fingerprint density at radius 3 is 2.39 bits per heavy atom. The van der Waals surface area contributed by atoms with Crippen LogP contribution in [0.3, 0.4) is 0 Å². The molecule has 1 aromatic carbocycles. The summed E-state index contributed by atoms with van der Waals surface area (Å²) in [6.07, 6.45) is -7.53. The third-order valence-corrected chi connectivity index (χ3v) is 1.96.